The third-order valence-corrected chi connectivity index (χ3v) is 4.35. The Hall–Kier alpha value is -1.36. The number of nitrogens with zero attached hydrogens (tertiary/aromatic N) is 2. The van der Waals surface area contributed by atoms with E-state index in [1.807, 2.05) is 0 Å². The zero-order chi connectivity index (χ0) is 20.9. The Morgan fingerprint density at radius 3 is 2.52 bits per heavy atom. The SMILES string of the molecule is CCOc1cccc(CNC(=NC)NCCCCN(C)C(C)C)c1OC(F)F.I. The molecule has 0 fully saturated rings. The lowest BCUT2D eigenvalue weighted by molar-refractivity contribution is -0.0520. The molecule has 0 atom stereocenters. The van der Waals surface area contributed by atoms with E-state index in [2.05, 4.69) is 46.2 Å². The number of aliphatic imine (C=N–C) groups is 1. The van der Waals surface area contributed by atoms with E-state index in [9.17, 15) is 8.78 Å². The zero-order valence-corrected chi connectivity index (χ0v) is 20.3. The molecule has 0 saturated carbocycles. The van der Waals surface area contributed by atoms with Crippen LogP contribution in [0.15, 0.2) is 23.2 Å². The number of nitrogens with one attached hydrogen (secondary N) is 2. The Morgan fingerprint density at radius 1 is 1.21 bits per heavy atom. The highest BCUT2D eigenvalue weighted by Gasteiger charge is 2.16. The maximum absolute atomic E-state index is 12.8. The fourth-order valence-corrected chi connectivity index (χ4v) is 2.54. The predicted octanol–water partition coefficient (Wildman–Crippen LogP) is 4.09. The van der Waals surface area contributed by atoms with Gasteiger partial charge in [-0.05, 0) is 53.3 Å². The number of rotatable bonds is 12. The first-order chi connectivity index (χ1) is 13.4. The number of benzene rings is 1. The molecule has 1 aromatic carbocycles. The van der Waals surface area contributed by atoms with Gasteiger partial charge in [0.1, 0.15) is 0 Å². The number of guanidine groups is 1. The second-order valence-corrected chi connectivity index (χ2v) is 6.69. The first kappa shape index (κ1) is 27.6. The van der Waals surface area contributed by atoms with E-state index in [1.165, 1.54) is 0 Å². The average Bonchev–Trinajstić information content (AvgIpc) is 2.65. The molecule has 6 nitrogen and oxygen atoms in total. The lowest BCUT2D eigenvalue weighted by Crippen LogP contribution is -2.37. The van der Waals surface area contributed by atoms with Gasteiger partial charge in [-0.2, -0.15) is 8.78 Å². The van der Waals surface area contributed by atoms with Crippen LogP contribution in [0.5, 0.6) is 11.5 Å². The van der Waals surface area contributed by atoms with Crippen LogP contribution in [0.1, 0.15) is 39.2 Å². The van der Waals surface area contributed by atoms with Crippen LogP contribution in [0.2, 0.25) is 0 Å². The molecule has 1 aromatic rings. The van der Waals surface area contributed by atoms with Crippen LogP contribution in [0.3, 0.4) is 0 Å². The summed E-state index contributed by atoms with van der Waals surface area (Å²) in [5.41, 5.74) is 0.577. The van der Waals surface area contributed by atoms with Crippen LogP contribution in [0.25, 0.3) is 0 Å². The number of hydrogen-bond acceptors (Lipinski definition) is 4. The maximum atomic E-state index is 12.8. The van der Waals surface area contributed by atoms with Gasteiger partial charge in [0.2, 0.25) is 0 Å². The molecule has 0 heterocycles. The Balaban J connectivity index is 0.00000784. The van der Waals surface area contributed by atoms with Gasteiger partial charge in [0.25, 0.3) is 0 Å². The van der Waals surface area contributed by atoms with Crippen molar-refractivity contribution in [2.45, 2.75) is 52.8 Å². The molecule has 2 N–H and O–H groups in total. The predicted molar refractivity (Wildman–Crippen MR) is 125 cm³/mol. The van der Waals surface area contributed by atoms with E-state index in [0.29, 0.717) is 36.5 Å². The van der Waals surface area contributed by atoms with Gasteiger partial charge in [0.05, 0.1) is 6.61 Å². The normalized spacial score (nSPS) is 11.6. The summed E-state index contributed by atoms with van der Waals surface area (Å²) in [6.45, 7) is 5.72. The summed E-state index contributed by atoms with van der Waals surface area (Å²) >= 11 is 0. The van der Waals surface area contributed by atoms with Gasteiger partial charge in [-0.3, -0.25) is 4.99 Å². The molecular weight excluding hydrogens is 493 g/mol. The van der Waals surface area contributed by atoms with Crippen molar-refractivity contribution in [2.75, 3.05) is 33.8 Å². The molecule has 29 heavy (non-hydrogen) atoms. The second-order valence-electron chi connectivity index (χ2n) is 6.69. The van der Waals surface area contributed by atoms with Gasteiger partial charge in [0, 0.05) is 31.7 Å². The third-order valence-electron chi connectivity index (χ3n) is 4.35. The summed E-state index contributed by atoms with van der Waals surface area (Å²) in [6, 6.07) is 5.63. The summed E-state index contributed by atoms with van der Waals surface area (Å²) in [6.07, 6.45) is 2.10. The van der Waals surface area contributed by atoms with Crippen molar-refractivity contribution in [3.8, 4) is 11.5 Å². The van der Waals surface area contributed by atoms with Crippen LogP contribution in [-0.2, 0) is 6.54 Å². The number of alkyl halides is 2. The second kappa shape index (κ2) is 15.5. The lowest BCUT2D eigenvalue weighted by Gasteiger charge is -2.21. The van der Waals surface area contributed by atoms with Crippen molar-refractivity contribution >= 4 is 29.9 Å². The first-order valence-electron chi connectivity index (χ1n) is 9.73. The van der Waals surface area contributed by atoms with Gasteiger partial charge in [-0.15, -0.1) is 24.0 Å². The summed E-state index contributed by atoms with van der Waals surface area (Å²) < 4.78 is 35.7. The standard InChI is InChI=1S/C20H34F2N4O2.HI/c1-6-27-17-11-9-10-16(18(17)28-19(21)22)14-25-20(23-4)24-12-7-8-13-26(5)15(2)3;/h9-11,15,19H,6-8,12-14H2,1-5H3,(H2,23,24,25);1H. The molecule has 0 aliphatic heterocycles. The maximum Gasteiger partial charge on any atom is 0.387 e. The first-order valence-corrected chi connectivity index (χ1v) is 9.73. The van der Waals surface area contributed by atoms with Crippen LogP contribution in [0, 0.1) is 0 Å². The van der Waals surface area contributed by atoms with E-state index in [1.54, 1.807) is 32.2 Å². The van der Waals surface area contributed by atoms with Crippen molar-refractivity contribution in [3.63, 3.8) is 0 Å². The quantitative estimate of drug-likeness (QED) is 0.185. The Labute approximate surface area is 190 Å². The van der Waals surface area contributed by atoms with Crippen LogP contribution >= 0.6 is 24.0 Å². The molecule has 0 spiro atoms. The molecule has 0 bridgehead atoms. The Kier molecular flexibility index (Phi) is 14.8. The largest absolute Gasteiger partial charge is 0.490 e. The molecule has 1 rings (SSSR count). The Morgan fingerprint density at radius 2 is 1.93 bits per heavy atom. The van der Waals surface area contributed by atoms with Gasteiger partial charge >= 0.3 is 6.61 Å². The minimum Gasteiger partial charge on any atom is -0.490 e. The molecular formula is C20H35F2IN4O2. The molecule has 0 unspecified atom stereocenters. The number of halogens is 3. The van der Waals surface area contributed by atoms with E-state index < -0.39 is 6.61 Å². The number of para-hydroxylation sites is 1. The topological polar surface area (TPSA) is 58.1 Å². The smallest absolute Gasteiger partial charge is 0.387 e. The van der Waals surface area contributed by atoms with E-state index >= 15 is 0 Å². The number of hydrogen-bond donors (Lipinski definition) is 2. The Bertz CT molecular complexity index is 604. The van der Waals surface area contributed by atoms with Crippen molar-refractivity contribution in [1.29, 1.82) is 0 Å². The van der Waals surface area contributed by atoms with Crippen molar-refractivity contribution < 1.29 is 18.3 Å². The monoisotopic (exact) mass is 528 g/mol. The van der Waals surface area contributed by atoms with Gasteiger partial charge in [0.15, 0.2) is 17.5 Å². The van der Waals surface area contributed by atoms with Crippen LogP contribution in [0.4, 0.5) is 8.78 Å². The molecule has 0 aliphatic carbocycles. The van der Waals surface area contributed by atoms with Crippen LogP contribution in [-0.4, -0.2) is 57.3 Å². The molecule has 9 heteroatoms. The minimum absolute atomic E-state index is 0. The van der Waals surface area contributed by atoms with Crippen molar-refractivity contribution in [3.05, 3.63) is 23.8 Å². The molecule has 0 saturated heterocycles. The van der Waals surface area contributed by atoms with Crippen molar-refractivity contribution in [1.82, 2.24) is 15.5 Å². The molecule has 0 amide bonds. The van der Waals surface area contributed by atoms with Gasteiger partial charge < -0.3 is 25.0 Å². The fraction of sp³-hybridized carbons (Fsp3) is 0.650. The summed E-state index contributed by atoms with van der Waals surface area (Å²) in [5.74, 6) is 0.973. The molecule has 0 aliphatic rings. The highest BCUT2D eigenvalue weighted by Crippen LogP contribution is 2.32. The van der Waals surface area contributed by atoms with Gasteiger partial charge in [-0.1, -0.05) is 12.1 Å². The molecule has 0 aromatic heterocycles. The van der Waals surface area contributed by atoms with Gasteiger partial charge in [-0.25, -0.2) is 0 Å². The third kappa shape index (κ3) is 10.8. The lowest BCUT2D eigenvalue weighted by atomic mass is 10.2. The zero-order valence-electron chi connectivity index (χ0n) is 18.0. The summed E-state index contributed by atoms with van der Waals surface area (Å²) in [7, 11) is 3.79. The number of unbranched alkanes of at least 4 members (excludes halogenated alkanes) is 1. The summed E-state index contributed by atoms with van der Waals surface area (Å²) in [4.78, 5) is 6.49. The average molecular weight is 528 g/mol. The minimum atomic E-state index is -2.92. The number of ether oxygens (including phenoxy) is 2. The molecule has 0 radical (unpaired) electrons. The highest BCUT2D eigenvalue weighted by molar-refractivity contribution is 14.0. The fourth-order valence-electron chi connectivity index (χ4n) is 2.54. The summed E-state index contributed by atoms with van der Waals surface area (Å²) in [5, 5.41) is 6.38. The van der Waals surface area contributed by atoms with E-state index in [4.69, 9.17) is 4.74 Å². The van der Waals surface area contributed by atoms with E-state index in [-0.39, 0.29) is 29.7 Å². The van der Waals surface area contributed by atoms with Crippen LogP contribution < -0.4 is 20.1 Å². The van der Waals surface area contributed by atoms with Crippen molar-refractivity contribution in [2.24, 2.45) is 4.99 Å². The van der Waals surface area contributed by atoms with E-state index in [0.717, 1.165) is 25.9 Å². The highest BCUT2D eigenvalue weighted by atomic mass is 127. The molecule has 168 valence electrons.